The maximum absolute atomic E-state index is 13.0. The van der Waals surface area contributed by atoms with Gasteiger partial charge in [0.25, 0.3) is 11.8 Å². The van der Waals surface area contributed by atoms with E-state index in [9.17, 15) is 34.2 Å². The fourth-order valence-corrected chi connectivity index (χ4v) is 4.82. The van der Waals surface area contributed by atoms with Crippen molar-refractivity contribution in [3.05, 3.63) is 59.7 Å². The van der Waals surface area contributed by atoms with Gasteiger partial charge in [-0.25, -0.2) is 0 Å². The molecule has 0 saturated heterocycles. The van der Waals surface area contributed by atoms with Crippen molar-refractivity contribution in [1.82, 2.24) is 26.6 Å². The van der Waals surface area contributed by atoms with Crippen LogP contribution in [0, 0.1) is 0 Å². The number of hydrogen-bond donors (Lipinski definition) is 12. The fraction of sp³-hybridized carbons (Fsp3) is 0.485. The SMILES string of the molecule is CCCCc1ccc(-c2ccc(C(=O)N[C@@H](CO)C(=O)N[C@H](C(=O)N[C@@H](N)C(=O)N[C@@H](CCCCN)C(=O)N[C@@H](N)B(O)O)[C@@H](C)O)cc2)cc1. The van der Waals surface area contributed by atoms with E-state index in [1.165, 1.54) is 12.5 Å². The molecule has 0 heterocycles. The quantitative estimate of drug-likeness (QED) is 0.0352. The van der Waals surface area contributed by atoms with Gasteiger partial charge in [0, 0.05) is 5.56 Å². The summed E-state index contributed by atoms with van der Waals surface area (Å²) in [6.45, 7) is 2.78. The number of aliphatic hydroxyl groups is 2. The van der Waals surface area contributed by atoms with Gasteiger partial charge < -0.3 is 64.0 Å². The van der Waals surface area contributed by atoms with Gasteiger partial charge in [0.2, 0.25) is 17.7 Å². The summed E-state index contributed by atoms with van der Waals surface area (Å²) in [6.07, 6.45) is 0.886. The standard InChI is InChI=1S/C33H51BN8O9/c1-3-4-7-20-9-11-21(12-10-20)22-13-15-23(16-14-22)28(45)39-25(18-43)30(47)40-26(19(2)44)31(48)41-27(36)32(49)38-24(8-5-6-17-35)29(46)42-33(37)34(50)51/h9-16,19,24-27,33,43-44,50-51H,3-8,17-18,35-37H2,1-2H3,(H,38,49)(H,39,45)(H,40,47)(H,41,48)(H,42,46)/t19-,24+,25+,26+,27-,33-/m1/s1. The van der Waals surface area contributed by atoms with Crippen LogP contribution in [-0.2, 0) is 25.6 Å². The van der Waals surface area contributed by atoms with Gasteiger partial charge in [0.05, 0.1) is 12.7 Å². The van der Waals surface area contributed by atoms with Crippen molar-refractivity contribution < 1.29 is 44.2 Å². The molecule has 0 spiro atoms. The van der Waals surface area contributed by atoms with E-state index in [1.807, 2.05) is 12.1 Å². The predicted octanol–water partition coefficient (Wildman–Crippen LogP) is -2.92. The number of hydrogen-bond acceptors (Lipinski definition) is 12. The largest absolute Gasteiger partial charge is 0.490 e. The summed E-state index contributed by atoms with van der Waals surface area (Å²) in [6, 6.07) is 8.78. The molecule has 6 atom stereocenters. The monoisotopic (exact) mass is 714 g/mol. The average Bonchev–Trinajstić information content (AvgIpc) is 3.11. The van der Waals surface area contributed by atoms with Gasteiger partial charge in [-0.1, -0.05) is 49.7 Å². The Morgan fingerprint density at radius 1 is 0.745 bits per heavy atom. The Balaban J connectivity index is 2.02. The van der Waals surface area contributed by atoms with Gasteiger partial charge in [-0.2, -0.15) is 0 Å². The van der Waals surface area contributed by atoms with E-state index in [1.54, 1.807) is 24.3 Å². The third-order valence-electron chi connectivity index (χ3n) is 7.91. The highest BCUT2D eigenvalue weighted by atomic mass is 16.4. The summed E-state index contributed by atoms with van der Waals surface area (Å²) >= 11 is 0. The van der Waals surface area contributed by atoms with E-state index < -0.39 is 79.7 Å². The number of carbonyl (C=O) groups excluding carboxylic acids is 5. The third-order valence-corrected chi connectivity index (χ3v) is 7.91. The molecule has 51 heavy (non-hydrogen) atoms. The summed E-state index contributed by atoms with van der Waals surface area (Å²) < 4.78 is 0. The van der Waals surface area contributed by atoms with E-state index in [0.29, 0.717) is 19.4 Å². The maximum atomic E-state index is 13.0. The van der Waals surface area contributed by atoms with Crippen molar-refractivity contribution in [2.24, 2.45) is 17.2 Å². The van der Waals surface area contributed by atoms with E-state index in [0.717, 1.165) is 30.4 Å². The van der Waals surface area contributed by atoms with Crippen LogP contribution in [0.25, 0.3) is 11.1 Å². The number of nitrogens with one attached hydrogen (secondary N) is 5. The molecule has 0 bridgehead atoms. The molecule has 0 aliphatic heterocycles. The van der Waals surface area contributed by atoms with Crippen LogP contribution in [0.4, 0.5) is 0 Å². The van der Waals surface area contributed by atoms with E-state index in [-0.39, 0.29) is 12.0 Å². The molecule has 2 aromatic carbocycles. The van der Waals surface area contributed by atoms with Crippen molar-refractivity contribution in [1.29, 1.82) is 0 Å². The fourth-order valence-electron chi connectivity index (χ4n) is 4.82. The highest BCUT2D eigenvalue weighted by Gasteiger charge is 2.33. The zero-order valence-corrected chi connectivity index (χ0v) is 28.9. The predicted molar refractivity (Wildman–Crippen MR) is 190 cm³/mol. The second kappa shape index (κ2) is 21.7. The number of aliphatic hydroxyl groups excluding tert-OH is 2. The highest BCUT2D eigenvalue weighted by molar-refractivity contribution is 6.43. The number of carbonyl (C=O) groups is 5. The van der Waals surface area contributed by atoms with Gasteiger partial charge >= 0.3 is 7.12 Å². The van der Waals surface area contributed by atoms with Crippen LogP contribution in [0.15, 0.2) is 48.5 Å². The molecule has 0 aromatic heterocycles. The normalized spacial score (nSPS) is 14.5. The molecule has 0 fully saturated rings. The van der Waals surface area contributed by atoms with E-state index in [2.05, 4.69) is 45.6 Å². The lowest BCUT2D eigenvalue weighted by atomic mass is 9.86. The first-order valence-corrected chi connectivity index (χ1v) is 16.8. The topological polar surface area (TPSA) is 304 Å². The van der Waals surface area contributed by atoms with Crippen LogP contribution in [0.2, 0.25) is 0 Å². The average molecular weight is 715 g/mol. The molecule has 17 nitrogen and oxygen atoms in total. The molecule has 0 unspecified atom stereocenters. The number of amides is 5. The lowest BCUT2D eigenvalue weighted by molar-refractivity contribution is -0.135. The Bertz CT molecular complexity index is 1430. The summed E-state index contributed by atoms with van der Waals surface area (Å²) in [5, 5.41) is 49.7. The minimum atomic E-state index is -2.07. The summed E-state index contributed by atoms with van der Waals surface area (Å²) in [5.74, 6) is -4.66. The molecule has 2 rings (SSSR count). The number of benzene rings is 2. The van der Waals surface area contributed by atoms with Crippen molar-refractivity contribution in [3.63, 3.8) is 0 Å². The van der Waals surface area contributed by atoms with Crippen LogP contribution in [0.1, 0.15) is 61.9 Å². The molecule has 280 valence electrons. The molecular weight excluding hydrogens is 663 g/mol. The van der Waals surface area contributed by atoms with Crippen LogP contribution in [0.5, 0.6) is 0 Å². The zero-order chi connectivity index (χ0) is 38.1. The molecule has 2 aromatic rings. The first kappa shape index (κ1) is 42.7. The molecule has 0 aliphatic carbocycles. The van der Waals surface area contributed by atoms with Gasteiger partial charge in [-0.05, 0) is 74.4 Å². The van der Waals surface area contributed by atoms with E-state index >= 15 is 0 Å². The summed E-state index contributed by atoms with van der Waals surface area (Å²) in [7, 11) is -2.07. The molecule has 15 N–H and O–H groups in total. The van der Waals surface area contributed by atoms with Gasteiger partial charge in [0.15, 0.2) is 6.17 Å². The lowest BCUT2D eigenvalue weighted by Crippen LogP contribution is -2.63. The van der Waals surface area contributed by atoms with Crippen LogP contribution in [-0.4, -0.2) is 107 Å². The molecule has 5 amide bonds. The minimum Gasteiger partial charge on any atom is -0.425 e. The van der Waals surface area contributed by atoms with Crippen LogP contribution in [0.3, 0.4) is 0 Å². The molecule has 0 aliphatic rings. The van der Waals surface area contributed by atoms with Crippen molar-refractivity contribution in [3.8, 4) is 11.1 Å². The van der Waals surface area contributed by atoms with Crippen LogP contribution >= 0.6 is 0 Å². The Kier molecular flexibility index (Phi) is 18.2. The second-order valence-corrected chi connectivity index (χ2v) is 12.1. The first-order chi connectivity index (χ1) is 24.2. The molecule has 0 radical (unpaired) electrons. The number of aryl methyl sites for hydroxylation is 1. The number of rotatable bonds is 21. The Hall–Kier alpha value is -4.43. The Labute approximate surface area is 297 Å². The van der Waals surface area contributed by atoms with Gasteiger partial charge in [-0.15, -0.1) is 0 Å². The Morgan fingerprint density at radius 2 is 1.33 bits per heavy atom. The van der Waals surface area contributed by atoms with Gasteiger partial charge in [-0.3, -0.25) is 24.0 Å². The maximum Gasteiger partial charge on any atom is 0.490 e. The molecule has 18 heteroatoms. The smallest absolute Gasteiger partial charge is 0.425 e. The van der Waals surface area contributed by atoms with Crippen molar-refractivity contribution in [2.75, 3.05) is 13.2 Å². The number of nitrogens with two attached hydrogens (primary N) is 3. The summed E-state index contributed by atoms with van der Waals surface area (Å²) in [4.78, 5) is 64.3. The lowest BCUT2D eigenvalue weighted by Gasteiger charge is -2.26. The minimum absolute atomic E-state index is 0.0709. The molecular formula is C33H51BN8O9. The number of unbranched alkanes of at least 4 members (excludes halogenated alkanes) is 2. The molecule has 0 saturated carbocycles. The van der Waals surface area contributed by atoms with Crippen LogP contribution < -0.4 is 43.8 Å². The van der Waals surface area contributed by atoms with Gasteiger partial charge in [0.1, 0.15) is 24.2 Å². The second-order valence-electron chi connectivity index (χ2n) is 12.1. The van der Waals surface area contributed by atoms with Crippen molar-refractivity contribution in [2.45, 2.75) is 88.8 Å². The van der Waals surface area contributed by atoms with E-state index in [4.69, 9.17) is 27.2 Å². The highest BCUT2D eigenvalue weighted by Crippen LogP contribution is 2.21. The Morgan fingerprint density at radius 3 is 1.86 bits per heavy atom. The van der Waals surface area contributed by atoms with Crippen molar-refractivity contribution >= 4 is 36.7 Å². The third kappa shape index (κ3) is 14.0. The first-order valence-electron chi connectivity index (χ1n) is 16.8. The zero-order valence-electron chi connectivity index (χ0n) is 28.9. The summed E-state index contributed by atoms with van der Waals surface area (Å²) in [5.41, 5.74) is 20.1.